The number of hydrogen-bond donors (Lipinski definition) is 2. The molecule has 0 aliphatic carbocycles. The van der Waals surface area contributed by atoms with Crippen molar-refractivity contribution in [3.05, 3.63) is 35.7 Å². The van der Waals surface area contributed by atoms with Crippen molar-refractivity contribution in [1.29, 1.82) is 0 Å². The van der Waals surface area contributed by atoms with E-state index in [-0.39, 0.29) is 0 Å². The van der Waals surface area contributed by atoms with E-state index in [0.29, 0.717) is 0 Å². The van der Waals surface area contributed by atoms with Crippen LogP contribution in [-0.2, 0) is 0 Å². The molecule has 14 heavy (non-hydrogen) atoms. The van der Waals surface area contributed by atoms with Gasteiger partial charge in [-0.3, -0.25) is 0 Å². The zero-order valence-electron chi connectivity index (χ0n) is 7.47. The number of nitrogens with one attached hydrogen (secondary N) is 1. The number of nitrogens with zero attached hydrogens (tertiary/aromatic N) is 1. The van der Waals surface area contributed by atoms with Crippen LogP contribution < -0.4 is 5.32 Å². The average Bonchev–Trinajstić information content (AvgIpc) is 2.60. The average molecular weight is 222 g/mol. The lowest BCUT2D eigenvalue weighted by Crippen LogP contribution is -1.96. The molecular weight excluding hydrogens is 212 g/mol. The predicted octanol–water partition coefficient (Wildman–Crippen LogP) is 3.15. The molecule has 0 atom stereocenters. The number of hydrogen-bond acceptors (Lipinski definition) is 4. The summed E-state index contributed by atoms with van der Waals surface area (Å²) in [5.41, 5.74) is 1.05. The van der Waals surface area contributed by atoms with Crippen LogP contribution in [0.2, 0.25) is 0 Å². The molecule has 1 heterocycles. The van der Waals surface area contributed by atoms with E-state index in [9.17, 15) is 0 Å². The van der Waals surface area contributed by atoms with Crippen LogP contribution in [0.5, 0.6) is 0 Å². The molecule has 0 aliphatic rings. The van der Waals surface area contributed by atoms with Gasteiger partial charge in [0.15, 0.2) is 5.13 Å². The molecule has 2 nitrogen and oxygen atoms in total. The van der Waals surface area contributed by atoms with Gasteiger partial charge in [-0.05, 0) is 17.5 Å². The van der Waals surface area contributed by atoms with E-state index in [4.69, 9.17) is 0 Å². The summed E-state index contributed by atoms with van der Waals surface area (Å²) in [6.45, 7) is 0.767. The summed E-state index contributed by atoms with van der Waals surface area (Å²) < 4.78 is 1.21. The topological polar surface area (TPSA) is 24.9 Å². The summed E-state index contributed by atoms with van der Waals surface area (Å²) in [6, 6.07) is 8.12. The molecule has 1 N–H and O–H groups in total. The maximum Gasteiger partial charge on any atom is 0.184 e. The molecule has 0 spiro atoms. The Morgan fingerprint density at radius 3 is 3.07 bits per heavy atom. The Bertz CT molecular complexity index is 415. The first-order valence-electron chi connectivity index (χ1n) is 4.29. The lowest BCUT2D eigenvalue weighted by molar-refractivity contribution is 1.31. The highest BCUT2D eigenvalue weighted by Crippen LogP contribution is 2.24. The third-order valence-corrected chi connectivity index (χ3v) is 2.98. The van der Waals surface area contributed by atoms with Crippen LogP contribution in [0, 0.1) is 0 Å². The summed E-state index contributed by atoms with van der Waals surface area (Å²) in [4.78, 5) is 4.43. The smallest absolute Gasteiger partial charge is 0.184 e. The Morgan fingerprint density at radius 2 is 2.29 bits per heavy atom. The van der Waals surface area contributed by atoms with E-state index < -0.39 is 0 Å². The van der Waals surface area contributed by atoms with Gasteiger partial charge in [0.05, 0.1) is 10.2 Å². The van der Waals surface area contributed by atoms with Gasteiger partial charge < -0.3 is 5.32 Å². The second-order valence-electron chi connectivity index (χ2n) is 2.75. The molecule has 0 amide bonds. The Hall–Kier alpha value is -1.00. The predicted molar refractivity (Wildman–Crippen MR) is 66.2 cm³/mol. The second-order valence-corrected chi connectivity index (χ2v) is 4.08. The van der Waals surface area contributed by atoms with E-state index in [0.717, 1.165) is 17.2 Å². The van der Waals surface area contributed by atoms with Gasteiger partial charge in [-0.15, -0.1) is 0 Å². The fourth-order valence-corrected chi connectivity index (χ4v) is 2.12. The summed E-state index contributed by atoms with van der Waals surface area (Å²) in [5, 5.41) is 5.89. The van der Waals surface area contributed by atoms with Crippen LogP contribution in [-0.4, -0.2) is 11.5 Å². The van der Waals surface area contributed by atoms with Gasteiger partial charge in [0.25, 0.3) is 0 Å². The van der Waals surface area contributed by atoms with Gasteiger partial charge in [0.2, 0.25) is 0 Å². The number of benzene rings is 1. The van der Waals surface area contributed by atoms with E-state index in [1.54, 1.807) is 16.7 Å². The molecule has 0 bridgehead atoms. The Labute approximate surface area is 92.1 Å². The molecule has 0 saturated carbocycles. The molecule has 0 saturated heterocycles. The van der Waals surface area contributed by atoms with E-state index in [1.165, 1.54) is 4.70 Å². The van der Waals surface area contributed by atoms with Gasteiger partial charge in [-0.25, -0.2) is 4.98 Å². The first-order valence-corrected chi connectivity index (χ1v) is 5.62. The number of aromatic nitrogens is 1. The number of para-hydroxylation sites is 1. The van der Waals surface area contributed by atoms with Crippen molar-refractivity contribution in [2.45, 2.75) is 0 Å². The minimum absolute atomic E-state index is 0.767. The van der Waals surface area contributed by atoms with Crippen molar-refractivity contribution >= 4 is 39.3 Å². The van der Waals surface area contributed by atoms with Gasteiger partial charge in [-0.2, -0.15) is 12.6 Å². The standard InChI is InChI=1S/C10H10N2S2/c13-7-3-6-11-10-12-8-4-1-2-5-9(8)14-10/h1-5,7,13H,6H2,(H,11,12). The van der Waals surface area contributed by atoms with Crippen LogP contribution in [0.25, 0.3) is 10.2 Å². The Morgan fingerprint density at radius 1 is 1.43 bits per heavy atom. The first kappa shape index (κ1) is 9.55. The van der Waals surface area contributed by atoms with Gasteiger partial charge in [0.1, 0.15) is 0 Å². The molecule has 0 aliphatic heterocycles. The molecule has 4 heteroatoms. The second kappa shape index (κ2) is 4.48. The lowest BCUT2D eigenvalue weighted by Gasteiger charge is -1.94. The van der Waals surface area contributed by atoms with Gasteiger partial charge in [0, 0.05) is 6.54 Å². The fourth-order valence-electron chi connectivity index (χ4n) is 1.15. The van der Waals surface area contributed by atoms with Crippen molar-refractivity contribution in [1.82, 2.24) is 4.98 Å². The van der Waals surface area contributed by atoms with Crippen molar-refractivity contribution in [2.24, 2.45) is 0 Å². The minimum Gasteiger partial charge on any atom is -0.358 e. The largest absolute Gasteiger partial charge is 0.358 e. The monoisotopic (exact) mass is 222 g/mol. The van der Waals surface area contributed by atoms with Crippen LogP contribution in [0.4, 0.5) is 5.13 Å². The summed E-state index contributed by atoms with van der Waals surface area (Å²) in [6.07, 6.45) is 1.94. The van der Waals surface area contributed by atoms with Crippen molar-refractivity contribution in [2.75, 3.05) is 11.9 Å². The van der Waals surface area contributed by atoms with E-state index in [1.807, 2.05) is 24.3 Å². The molecule has 0 fully saturated rings. The molecule has 2 aromatic rings. The van der Waals surface area contributed by atoms with Crippen molar-refractivity contribution in [3.8, 4) is 0 Å². The summed E-state index contributed by atoms with van der Waals surface area (Å²) >= 11 is 5.65. The van der Waals surface area contributed by atoms with Crippen molar-refractivity contribution < 1.29 is 0 Å². The third kappa shape index (κ3) is 2.08. The highest BCUT2D eigenvalue weighted by Gasteiger charge is 2.00. The minimum atomic E-state index is 0.767. The molecule has 2 rings (SSSR count). The maximum atomic E-state index is 4.43. The van der Waals surface area contributed by atoms with Crippen molar-refractivity contribution in [3.63, 3.8) is 0 Å². The fraction of sp³-hybridized carbons (Fsp3) is 0.100. The third-order valence-electron chi connectivity index (χ3n) is 1.77. The number of rotatable bonds is 3. The van der Waals surface area contributed by atoms with Crippen LogP contribution >= 0.6 is 24.0 Å². The molecule has 0 unspecified atom stereocenters. The van der Waals surface area contributed by atoms with E-state index in [2.05, 4.69) is 29.0 Å². The number of thiol groups is 1. The van der Waals surface area contributed by atoms with Crippen LogP contribution in [0.3, 0.4) is 0 Å². The lowest BCUT2D eigenvalue weighted by atomic mass is 10.3. The number of fused-ring (bicyclic) bond motifs is 1. The summed E-state index contributed by atoms with van der Waals surface area (Å²) in [5.74, 6) is 0. The zero-order chi connectivity index (χ0) is 9.80. The zero-order valence-corrected chi connectivity index (χ0v) is 9.18. The first-order chi connectivity index (χ1) is 6.90. The van der Waals surface area contributed by atoms with Gasteiger partial charge in [-0.1, -0.05) is 29.5 Å². The van der Waals surface area contributed by atoms with Gasteiger partial charge >= 0.3 is 0 Å². The number of anilines is 1. The SMILES string of the molecule is SC=CCNc1nc2ccccc2s1. The molecule has 0 radical (unpaired) electrons. The molecule has 1 aromatic carbocycles. The normalized spacial score (nSPS) is 11.2. The van der Waals surface area contributed by atoms with Crippen LogP contribution in [0.15, 0.2) is 35.7 Å². The quantitative estimate of drug-likeness (QED) is 0.780. The molecular formula is C10H10N2S2. The summed E-state index contributed by atoms with van der Waals surface area (Å²) in [7, 11) is 0. The maximum absolute atomic E-state index is 4.43. The highest BCUT2D eigenvalue weighted by atomic mass is 32.1. The highest BCUT2D eigenvalue weighted by molar-refractivity contribution is 7.83. The molecule has 72 valence electrons. The molecule has 1 aromatic heterocycles. The Kier molecular flexibility index (Phi) is 3.06. The Balaban J connectivity index is 2.18. The number of thiazole rings is 1. The van der Waals surface area contributed by atoms with E-state index >= 15 is 0 Å². The van der Waals surface area contributed by atoms with Crippen LogP contribution in [0.1, 0.15) is 0 Å².